The standard InChI is InChI=1S/C12H22ClNO3/c1-9(2)8-10(12(16)17-3)14-11(15)6-4-5-7-13/h9-10H,4-8H2,1-3H3,(H,14,15). The fourth-order valence-electron chi connectivity index (χ4n) is 1.47. The quantitative estimate of drug-likeness (QED) is 0.415. The number of ether oxygens (including phenoxy) is 1. The van der Waals surface area contributed by atoms with Crippen LogP contribution in [0.3, 0.4) is 0 Å². The van der Waals surface area contributed by atoms with Gasteiger partial charge >= 0.3 is 5.97 Å². The maximum Gasteiger partial charge on any atom is 0.328 e. The highest BCUT2D eigenvalue weighted by Gasteiger charge is 2.22. The van der Waals surface area contributed by atoms with E-state index in [4.69, 9.17) is 11.6 Å². The molecule has 0 aromatic rings. The van der Waals surface area contributed by atoms with Crippen LogP contribution in [0.2, 0.25) is 0 Å². The van der Waals surface area contributed by atoms with E-state index in [0.717, 1.165) is 12.8 Å². The molecule has 0 aliphatic rings. The number of halogens is 1. The zero-order valence-corrected chi connectivity index (χ0v) is 11.5. The normalized spacial score (nSPS) is 12.3. The Morgan fingerprint density at radius 3 is 2.41 bits per heavy atom. The van der Waals surface area contributed by atoms with Gasteiger partial charge in [-0.25, -0.2) is 4.79 Å². The second kappa shape index (κ2) is 9.28. The van der Waals surface area contributed by atoms with Gasteiger partial charge in [0.25, 0.3) is 0 Å². The molecule has 0 saturated carbocycles. The lowest BCUT2D eigenvalue weighted by Gasteiger charge is -2.18. The number of amides is 1. The Bertz CT molecular complexity index is 244. The summed E-state index contributed by atoms with van der Waals surface area (Å²) in [5.41, 5.74) is 0. The fourth-order valence-corrected chi connectivity index (χ4v) is 1.66. The Kier molecular flexibility index (Phi) is 8.86. The van der Waals surface area contributed by atoms with Crippen LogP contribution in [0.5, 0.6) is 0 Å². The van der Waals surface area contributed by atoms with Crippen molar-refractivity contribution >= 4 is 23.5 Å². The van der Waals surface area contributed by atoms with Crippen molar-refractivity contribution in [1.29, 1.82) is 0 Å². The lowest BCUT2D eigenvalue weighted by molar-refractivity contribution is -0.145. The maximum atomic E-state index is 11.6. The number of carbonyl (C=O) groups is 2. The number of nitrogens with one attached hydrogen (secondary N) is 1. The van der Waals surface area contributed by atoms with Crippen molar-refractivity contribution in [2.45, 2.75) is 45.6 Å². The molecule has 17 heavy (non-hydrogen) atoms. The van der Waals surface area contributed by atoms with Gasteiger partial charge in [-0.15, -0.1) is 11.6 Å². The maximum absolute atomic E-state index is 11.6. The van der Waals surface area contributed by atoms with E-state index in [9.17, 15) is 9.59 Å². The monoisotopic (exact) mass is 263 g/mol. The molecule has 1 unspecified atom stereocenters. The number of carbonyl (C=O) groups excluding carboxylic acids is 2. The topological polar surface area (TPSA) is 55.4 Å². The molecule has 0 spiro atoms. The summed E-state index contributed by atoms with van der Waals surface area (Å²) in [7, 11) is 1.33. The highest BCUT2D eigenvalue weighted by molar-refractivity contribution is 6.17. The van der Waals surface area contributed by atoms with Crippen molar-refractivity contribution in [1.82, 2.24) is 5.32 Å². The Balaban J connectivity index is 4.13. The Morgan fingerprint density at radius 2 is 1.94 bits per heavy atom. The first-order chi connectivity index (χ1) is 8.01. The molecule has 0 radical (unpaired) electrons. The van der Waals surface area contributed by atoms with Gasteiger partial charge in [-0.05, 0) is 25.2 Å². The van der Waals surface area contributed by atoms with Gasteiger partial charge in [0.1, 0.15) is 6.04 Å². The number of unbranched alkanes of at least 4 members (excludes halogenated alkanes) is 1. The van der Waals surface area contributed by atoms with Crippen molar-refractivity contribution in [2.75, 3.05) is 13.0 Å². The van der Waals surface area contributed by atoms with Gasteiger partial charge in [-0.1, -0.05) is 13.8 Å². The summed E-state index contributed by atoms with van der Waals surface area (Å²) in [6.45, 7) is 3.99. The molecule has 0 saturated heterocycles. The van der Waals surface area contributed by atoms with Crippen molar-refractivity contribution < 1.29 is 14.3 Å². The minimum atomic E-state index is -0.538. The van der Waals surface area contributed by atoms with Gasteiger partial charge in [-0.3, -0.25) is 4.79 Å². The lowest BCUT2D eigenvalue weighted by atomic mass is 10.0. The number of hydrogen-bond donors (Lipinski definition) is 1. The first-order valence-corrected chi connectivity index (χ1v) is 6.47. The van der Waals surface area contributed by atoms with Crippen LogP contribution in [0.4, 0.5) is 0 Å². The van der Waals surface area contributed by atoms with Gasteiger partial charge in [-0.2, -0.15) is 0 Å². The van der Waals surface area contributed by atoms with Crippen LogP contribution in [-0.2, 0) is 14.3 Å². The summed E-state index contributed by atoms with van der Waals surface area (Å²) in [5, 5.41) is 2.70. The fraction of sp³-hybridized carbons (Fsp3) is 0.833. The van der Waals surface area contributed by atoms with E-state index in [1.165, 1.54) is 7.11 Å². The molecule has 1 N–H and O–H groups in total. The molecule has 1 atom stereocenters. The molecule has 0 aromatic carbocycles. The number of esters is 1. The van der Waals surface area contributed by atoms with E-state index in [1.54, 1.807) is 0 Å². The van der Waals surface area contributed by atoms with E-state index in [0.29, 0.717) is 24.6 Å². The first-order valence-electron chi connectivity index (χ1n) is 5.94. The lowest BCUT2D eigenvalue weighted by Crippen LogP contribution is -2.42. The molecule has 0 rings (SSSR count). The number of methoxy groups -OCH3 is 1. The van der Waals surface area contributed by atoms with Gasteiger partial charge < -0.3 is 10.1 Å². The van der Waals surface area contributed by atoms with Crippen molar-refractivity contribution in [3.05, 3.63) is 0 Å². The third kappa shape index (κ3) is 8.02. The highest BCUT2D eigenvalue weighted by atomic mass is 35.5. The predicted octanol–water partition coefficient (Wildman–Crippen LogP) is 2.10. The average Bonchev–Trinajstić information content (AvgIpc) is 2.27. The minimum Gasteiger partial charge on any atom is -0.467 e. The van der Waals surface area contributed by atoms with Crippen molar-refractivity contribution in [3.8, 4) is 0 Å². The van der Waals surface area contributed by atoms with Crippen LogP contribution >= 0.6 is 11.6 Å². The zero-order chi connectivity index (χ0) is 13.3. The SMILES string of the molecule is COC(=O)C(CC(C)C)NC(=O)CCCCCl. The van der Waals surface area contributed by atoms with Gasteiger partial charge in [0, 0.05) is 12.3 Å². The molecule has 4 nitrogen and oxygen atoms in total. The second-order valence-electron chi connectivity index (χ2n) is 4.42. The predicted molar refractivity (Wildman–Crippen MR) is 68.0 cm³/mol. The van der Waals surface area contributed by atoms with Gasteiger partial charge in [0.05, 0.1) is 7.11 Å². The molecule has 100 valence electrons. The molecular formula is C12H22ClNO3. The van der Waals surface area contributed by atoms with Crippen LogP contribution in [-0.4, -0.2) is 30.9 Å². The number of rotatable bonds is 8. The van der Waals surface area contributed by atoms with Gasteiger partial charge in [0.15, 0.2) is 0 Å². The van der Waals surface area contributed by atoms with Crippen LogP contribution < -0.4 is 5.32 Å². The smallest absolute Gasteiger partial charge is 0.328 e. The molecule has 0 fully saturated rings. The highest BCUT2D eigenvalue weighted by Crippen LogP contribution is 2.07. The number of alkyl halides is 1. The molecule has 0 aromatic heterocycles. The Labute approximate surface area is 108 Å². The Hall–Kier alpha value is -0.770. The molecule has 0 bridgehead atoms. The van der Waals surface area contributed by atoms with Crippen molar-refractivity contribution in [2.24, 2.45) is 5.92 Å². The minimum absolute atomic E-state index is 0.119. The van der Waals surface area contributed by atoms with E-state index in [-0.39, 0.29) is 11.9 Å². The van der Waals surface area contributed by atoms with Crippen LogP contribution in [0.1, 0.15) is 39.5 Å². The second-order valence-corrected chi connectivity index (χ2v) is 4.80. The molecule has 0 aliphatic heterocycles. The van der Waals surface area contributed by atoms with Crippen LogP contribution in [0.25, 0.3) is 0 Å². The van der Waals surface area contributed by atoms with E-state index in [2.05, 4.69) is 10.1 Å². The summed E-state index contributed by atoms with van der Waals surface area (Å²) in [4.78, 5) is 23.0. The summed E-state index contributed by atoms with van der Waals surface area (Å²) in [6, 6.07) is -0.538. The average molecular weight is 264 g/mol. The summed E-state index contributed by atoms with van der Waals surface area (Å²) < 4.78 is 4.66. The zero-order valence-electron chi connectivity index (χ0n) is 10.8. The summed E-state index contributed by atoms with van der Waals surface area (Å²) >= 11 is 5.53. The largest absolute Gasteiger partial charge is 0.467 e. The van der Waals surface area contributed by atoms with Crippen LogP contribution in [0, 0.1) is 5.92 Å². The molecule has 0 heterocycles. The Morgan fingerprint density at radius 1 is 1.29 bits per heavy atom. The summed E-state index contributed by atoms with van der Waals surface area (Å²) in [6.07, 6.45) is 2.54. The van der Waals surface area contributed by atoms with E-state index in [1.807, 2.05) is 13.8 Å². The van der Waals surface area contributed by atoms with E-state index < -0.39 is 6.04 Å². The third-order valence-corrected chi connectivity index (χ3v) is 2.58. The molecule has 1 amide bonds. The van der Waals surface area contributed by atoms with Crippen LogP contribution in [0.15, 0.2) is 0 Å². The van der Waals surface area contributed by atoms with Gasteiger partial charge in [0.2, 0.25) is 5.91 Å². The molecule has 5 heteroatoms. The first kappa shape index (κ1) is 16.2. The third-order valence-electron chi connectivity index (χ3n) is 2.32. The van der Waals surface area contributed by atoms with Crippen molar-refractivity contribution in [3.63, 3.8) is 0 Å². The summed E-state index contributed by atoms with van der Waals surface area (Å²) in [5.74, 6) is 0.373. The van der Waals surface area contributed by atoms with E-state index >= 15 is 0 Å². The molecule has 0 aliphatic carbocycles. The number of hydrogen-bond acceptors (Lipinski definition) is 3. The molecular weight excluding hydrogens is 242 g/mol.